The zero-order valence-corrected chi connectivity index (χ0v) is 16.6. The van der Waals surface area contributed by atoms with Gasteiger partial charge in [-0.15, -0.1) is 0 Å². The van der Waals surface area contributed by atoms with Crippen molar-refractivity contribution in [2.75, 3.05) is 0 Å². The van der Waals surface area contributed by atoms with E-state index in [1.54, 1.807) is 0 Å². The Hall–Kier alpha value is -2.80. The van der Waals surface area contributed by atoms with Crippen molar-refractivity contribution in [2.45, 2.75) is 40.0 Å². The zero-order chi connectivity index (χ0) is 18.9. The van der Waals surface area contributed by atoms with Crippen LogP contribution >= 0.6 is 0 Å². The first kappa shape index (κ1) is 16.4. The van der Waals surface area contributed by atoms with E-state index in [9.17, 15) is 0 Å². The standard InChI is InChI=1S/C26H24O/c1-15-14-16(2)24(26(3,4)5)25-21(15)23-20(27-25)13-12-18-11-10-17-8-6-7-9-19(17)22(18)23/h6-14H,1-5H3. The molecule has 0 unspecified atom stereocenters. The van der Waals surface area contributed by atoms with Gasteiger partial charge >= 0.3 is 0 Å². The van der Waals surface area contributed by atoms with Gasteiger partial charge in [0, 0.05) is 21.7 Å². The van der Waals surface area contributed by atoms with Gasteiger partial charge in [0.15, 0.2) is 0 Å². The Morgan fingerprint density at radius 3 is 2.19 bits per heavy atom. The van der Waals surface area contributed by atoms with Crippen LogP contribution in [0.15, 0.2) is 59.0 Å². The summed E-state index contributed by atoms with van der Waals surface area (Å²) < 4.78 is 6.53. The third-order valence-electron chi connectivity index (χ3n) is 5.76. The minimum absolute atomic E-state index is 0.0295. The van der Waals surface area contributed by atoms with Gasteiger partial charge in [0.1, 0.15) is 11.2 Å². The van der Waals surface area contributed by atoms with Crippen LogP contribution in [-0.4, -0.2) is 0 Å². The number of rotatable bonds is 0. The normalized spacial score (nSPS) is 12.6. The molecule has 0 bridgehead atoms. The summed E-state index contributed by atoms with van der Waals surface area (Å²) in [5.41, 5.74) is 5.97. The fraction of sp³-hybridized carbons (Fsp3) is 0.231. The maximum atomic E-state index is 6.53. The van der Waals surface area contributed by atoms with Crippen LogP contribution in [-0.2, 0) is 5.41 Å². The number of aryl methyl sites for hydroxylation is 2. The Bertz CT molecular complexity index is 1360. The van der Waals surface area contributed by atoms with Crippen molar-refractivity contribution in [3.63, 3.8) is 0 Å². The number of furan rings is 1. The lowest BCUT2D eigenvalue weighted by molar-refractivity contribution is 0.569. The molecule has 4 aromatic carbocycles. The molecule has 0 saturated carbocycles. The van der Waals surface area contributed by atoms with Gasteiger partial charge in [0.25, 0.3) is 0 Å². The fourth-order valence-corrected chi connectivity index (χ4v) is 4.82. The van der Waals surface area contributed by atoms with Crippen molar-refractivity contribution >= 4 is 43.5 Å². The summed E-state index contributed by atoms with van der Waals surface area (Å²) in [5.74, 6) is 0. The quantitative estimate of drug-likeness (QED) is 0.259. The van der Waals surface area contributed by atoms with Crippen molar-refractivity contribution in [3.05, 3.63) is 71.3 Å². The molecule has 27 heavy (non-hydrogen) atoms. The van der Waals surface area contributed by atoms with Crippen LogP contribution in [0.1, 0.15) is 37.5 Å². The summed E-state index contributed by atoms with van der Waals surface area (Å²) in [6, 6.07) is 19.7. The molecule has 0 aliphatic rings. The molecular formula is C26H24O. The lowest BCUT2D eigenvalue weighted by Crippen LogP contribution is -2.13. The van der Waals surface area contributed by atoms with Gasteiger partial charge in [0.05, 0.1) is 0 Å². The van der Waals surface area contributed by atoms with Crippen LogP contribution in [0.25, 0.3) is 43.5 Å². The first-order valence-electron chi connectivity index (χ1n) is 9.63. The molecule has 0 radical (unpaired) electrons. The minimum Gasteiger partial charge on any atom is -0.456 e. The van der Waals surface area contributed by atoms with Crippen molar-refractivity contribution in [3.8, 4) is 0 Å². The van der Waals surface area contributed by atoms with E-state index < -0.39 is 0 Å². The van der Waals surface area contributed by atoms with Crippen LogP contribution in [0.3, 0.4) is 0 Å². The Morgan fingerprint density at radius 2 is 1.41 bits per heavy atom. The molecule has 134 valence electrons. The molecule has 5 aromatic rings. The van der Waals surface area contributed by atoms with Gasteiger partial charge in [-0.25, -0.2) is 0 Å². The molecule has 5 rings (SSSR count). The Labute approximate surface area is 159 Å². The van der Waals surface area contributed by atoms with Crippen molar-refractivity contribution in [1.82, 2.24) is 0 Å². The third-order valence-corrected chi connectivity index (χ3v) is 5.76. The lowest BCUT2D eigenvalue weighted by atomic mass is 9.81. The summed E-state index contributed by atoms with van der Waals surface area (Å²) in [5, 5.41) is 7.65. The van der Waals surface area contributed by atoms with E-state index in [1.807, 2.05) is 0 Å². The summed E-state index contributed by atoms with van der Waals surface area (Å²) in [6.07, 6.45) is 0. The molecule has 1 nitrogen and oxygen atoms in total. The van der Waals surface area contributed by atoms with Crippen LogP contribution in [0, 0.1) is 13.8 Å². The molecule has 0 saturated heterocycles. The summed E-state index contributed by atoms with van der Waals surface area (Å²) in [4.78, 5) is 0. The van der Waals surface area contributed by atoms with Crippen LogP contribution < -0.4 is 0 Å². The number of fused-ring (bicyclic) bond motifs is 7. The van der Waals surface area contributed by atoms with Gasteiger partial charge in [-0.1, -0.05) is 69.3 Å². The van der Waals surface area contributed by atoms with Crippen LogP contribution in [0.4, 0.5) is 0 Å². The van der Waals surface area contributed by atoms with Crippen molar-refractivity contribution in [2.24, 2.45) is 0 Å². The predicted octanol–water partition coefficient (Wildman–Crippen LogP) is 7.81. The molecule has 0 fully saturated rings. The molecule has 0 amide bonds. The van der Waals surface area contributed by atoms with Gasteiger partial charge < -0.3 is 4.42 Å². The molecule has 0 atom stereocenters. The second-order valence-electron chi connectivity index (χ2n) is 8.77. The average molecular weight is 352 g/mol. The fourth-order valence-electron chi connectivity index (χ4n) is 4.82. The molecule has 1 heteroatoms. The molecule has 0 N–H and O–H groups in total. The number of hydrogen-bond acceptors (Lipinski definition) is 1. The maximum Gasteiger partial charge on any atom is 0.139 e. The van der Waals surface area contributed by atoms with E-state index in [-0.39, 0.29) is 5.41 Å². The first-order chi connectivity index (χ1) is 12.9. The molecule has 0 spiro atoms. The average Bonchev–Trinajstić information content (AvgIpc) is 2.99. The molecule has 1 aromatic heterocycles. The predicted molar refractivity (Wildman–Crippen MR) is 117 cm³/mol. The van der Waals surface area contributed by atoms with Gasteiger partial charge in [-0.2, -0.15) is 0 Å². The smallest absolute Gasteiger partial charge is 0.139 e. The Kier molecular flexibility index (Phi) is 3.25. The highest BCUT2D eigenvalue weighted by Gasteiger charge is 2.25. The van der Waals surface area contributed by atoms with E-state index in [0.29, 0.717) is 0 Å². The van der Waals surface area contributed by atoms with Gasteiger partial charge in [0.2, 0.25) is 0 Å². The maximum absolute atomic E-state index is 6.53. The van der Waals surface area contributed by atoms with E-state index in [1.165, 1.54) is 49.0 Å². The Balaban J connectivity index is 2.12. The second-order valence-corrected chi connectivity index (χ2v) is 8.77. The van der Waals surface area contributed by atoms with E-state index in [4.69, 9.17) is 4.42 Å². The molecular weight excluding hydrogens is 328 g/mol. The van der Waals surface area contributed by atoms with Gasteiger partial charge in [-0.05, 0) is 52.6 Å². The number of hydrogen-bond donors (Lipinski definition) is 0. The topological polar surface area (TPSA) is 13.1 Å². The zero-order valence-electron chi connectivity index (χ0n) is 16.6. The highest BCUT2D eigenvalue weighted by atomic mass is 16.3. The summed E-state index contributed by atoms with van der Waals surface area (Å²) >= 11 is 0. The van der Waals surface area contributed by atoms with E-state index in [2.05, 4.69) is 89.2 Å². The monoisotopic (exact) mass is 352 g/mol. The first-order valence-corrected chi connectivity index (χ1v) is 9.63. The Morgan fingerprint density at radius 1 is 0.704 bits per heavy atom. The highest BCUT2D eigenvalue weighted by Crippen LogP contribution is 2.43. The third kappa shape index (κ3) is 2.24. The van der Waals surface area contributed by atoms with E-state index >= 15 is 0 Å². The minimum atomic E-state index is 0.0295. The SMILES string of the molecule is Cc1cc(C)c2c(oc3ccc4ccc5ccccc5c4c32)c1C(C)(C)C. The van der Waals surface area contributed by atoms with E-state index in [0.717, 1.165) is 11.2 Å². The van der Waals surface area contributed by atoms with Gasteiger partial charge in [-0.3, -0.25) is 0 Å². The highest BCUT2D eigenvalue weighted by molar-refractivity contribution is 6.27. The molecule has 0 aliphatic heterocycles. The van der Waals surface area contributed by atoms with Crippen LogP contribution in [0.5, 0.6) is 0 Å². The number of benzene rings is 4. The van der Waals surface area contributed by atoms with Crippen molar-refractivity contribution < 1.29 is 4.42 Å². The largest absolute Gasteiger partial charge is 0.456 e. The lowest BCUT2D eigenvalue weighted by Gasteiger charge is -2.22. The van der Waals surface area contributed by atoms with Crippen molar-refractivity contribution in [1.29, 1.82) is 0 Å². The second kappa shape index (κ2) is 5.36. The summed E-state index contributed by atoms with van der Waals surface area (Å²) in [6.45, 7) is 11.2. The van der Waals surface area contributed by atoms with Crippen LogP contribution in [0.2, 0.25) is 0 Å². The molecule has 1 heterocycles. The molecule has 0 aliphatic carbocycles. The summed E-state index contributed by atoms with van der Waals surface area (Å²) in [7, 11) is 0.